The van der Waals surface area contributed by atoms with E-state index in [0.717, 1.165) is 0 Å². The van der Waals surface area contributed by atoms with Crippen molar-refractivity contribution in [3.05, 3.63) is 58.2 Å². The molecule has 0 aliphatic heterocycles. The van der Waals surface area contributed by atoms with Crippen molar-refractivity contribution in [2.75, 3.05) is 27.1 Å². The lowest BCUT2D eigenvalue weighted by Crippen LogP contribution is -2.39. The number of phenols is 1. The molecule has 42 heavy (non-hydrogen) atoms. The number of aromatic carboxylic acids is 1. The van der Waals surface area contributed by atoms with E-state index in [1.807, 2.05) is 0 Å². The summed E-state index contributed by atoms with van der Waals surface area (Å²) in [6.07, 6.45) is 0. The number of nitrogens with one attached hydrogen (secondary N) is 1. The van der Waals surface area contributed by atoms with Gasteiger partial charge in [0.15, 0.2) is 28.7 Å². The normalized spacial score (nSPS) is 13.4. The van der Waals surface area contributed by atoms with Crippen LogP contribution in [0.1, 0.15) is 50.7 Å². The first kappa shape index (κ1) is 29.5. The Morgan fingerprint density at radius 3 is 2.19 bits per heavy atom. The number of nitrogens with zero attached hydrogens (tertiary/aromatic N) is 2. The van der Waals surface area contributed by atoms with E-state index in [1.165, 1.54) is 66.4 Å². The van der Waals surface area contributed by atoms with Gasteiger partial charge in [-0.05, 0) is 50.6 Å². The summed E-state index contributed by atoms with van der Waals surface area (Å²) in [5, 5.41) is 23.7. The van der Waals surface area contributed by atoms with E-state index in [0.29, 0.717) is 0 Å². The van der Waals surface area contributed by atoms with Crippen molar-refractivity contribution < 1.29 is 43.6 Å². The summed E-state index contributed by atoms with van der Waals surface area (Å²) >= 11 is 0. The number of anilines is 1. The maximum atomic E-state index is 13.5. The fourth-order valence-electron chi connectivity index (χ4n) is 4.61. The van der Waals surface area contributed by atoms with Gasteiger partial charge in [0.05, 0.1) is 44.3 Å². The molecule has 2 heterocycles. The van der Waals surface area contributed by atoms with Gasteiger partial charge < -0.3 is 35.5 Å². The van der Waals surface area contributed by atoms with E-state index < -0.39 is 23.6 Å². The number of ketones is 3. The van der Waals surface area contributed by atoms with Gasteiger partial charge in [-0.15, -0.1) is 0 Å². The lowest BCUT2D eigenvalue weighted by Gasteiger charge is -2.23. The Morgan fingerprint density at radius 2 is 1.62 bits per heavy atom. The highest BCUT2D eigenvalue weighted by Crippen LogP contribution is 2.47. The third-order valence-electron chi connectivity index (χ3n) is 6.90. The molecule has 0 unspecified atom stereocenters. The van der Waals surface area contributed by atoms with E-state index >= 15 is 0 Å². The van der Waals surface area contributed by atoms with Gasteiger partial charge in [-0.3, -0.25) is 14.4 Å². The molecule has 0 radical (unpaired) electrons. The largest absolute Gasteiger partial charge is 0.504 e. The Labute approximate surface area is 239 Å². The number of carbonyl (C=O) groups excluding carboxylic acids is 3. The summed E-state index contributed by atoms with van der Waals surface area (Å²) in [7, 11) is 3.95. The molecule has 3 aromatic rings. The summed E-state index contributed by atoms with van der Waals surface area (Å²) in [6.45, 7) is 4.33. The molecule has 2 aromatic heterocycles. The molecule has 0 saturated carbocycles. The summed E-state index contributed by atoms with van der Waals surface area (Å²) in [6, 6.07) is 4.89. The Bertz CT molecular complexity index is 1710. The second-order valence-electron chi connectivity index (χ2n) is 9.36. The van der Waals surface area contributed by atoms with Gasteiger partial charge in [0.1, 0.15) is 17.1 Å². The molecule has 0 fully saturated rings. The molecular formula is C29H28N4O9. The molecule has 13 heteroatoms. The molecule has 4 rings (SSSR count). The van der Waals surface area contributed by atoms with Gasteiger partial charge in [-0.25, -0.2) is 14.8 Å². The van der Waals surface area contributed by atoms with Crippen LogP contribution in [-0.4, -0.2) is 70.9 Å². The van der Waals surface area contributed by atoms with Crippen LogP contribution in [0.5, 0.6) is 17.2 Å². The standard InChI is InChI=1S/C29H28N4O9/c1-11-18(14-8-10-17(40-4)27(41-5)24(14)35)19(30)22(33-20(11)29(38)39)16-9-7-15-21(32-16)26(37)23(28(42-6)25(15)36)31-12(2)13(3)34/h7-10,12,31,35H,30H2,1-6H3,(H,38,39)/t12-/m0/s1. The number of aromatic nitrogens is 2. The molecule has 1 aliphatic carbocycles. The molecule has 0 amide bonds. The highest BCUT2D eigenvalue weighted by molar-refractivity contribution is 6.25. The van der Waals surface area contributed by atoms with Gasteiger partial charge in [0, 0.05) is 11.1 Å². The smallest absolute Gasteiger partial charge is 0.354 e. The van der Waals surface area contributed by atoms with Crippen molar-refractivity contribution in [3.8, 4) is 39.8 Å². The first-order valence-electron chi connectivity index (χ1n) is 12.5. The fraction of sp³-hybridized carbons (Fsp3) is 0.241. The molecule has 1 aromatic carbocycles. The van der Waals surface area contributed by atoms with Crippen LogP contribution in [0.3, 0.4) is 0 Å². The van der Waals surface area contributed by atoms with Gasteiger partial charge >= 0.3 is 5.97 Å². The van der Waals surface area contributed by atoms with Crippen molar-refractivity contribution in [2.45, 2.75) is 26.8 Å². The topological polar surface area (TPSA) is 200 Å². The van der Waals surface area contributed by atoms with Crippen LogP contribution >= 0.6 is 0 Å². The Morgan fingerprint density at radius 1 is 0.952 bits per heavy atom. The highest BCUT2D eigenvalue weighted by Gasteiger charge is 2.36. The van der Waals surface area contributed by atoms with Crippen molar-refractivity contribution >= 4 is 29.0 Å². The van der Waals surface area contributed by atoms with Crippen LogP contribution in [0.2, 0.25) is 0 Å². The molecule has 0 bridgehead atoms. The van der Waals surface area contributed by atoms with Crippen LogP contribution in [0.15, 0.2) is 35.7 Å². The number of rotatable bonds is 9. The number of phenolic OH excluding ortho intramolecular Hbond substituents is 1. The van der Waals surface area contributed by atoms with Crippen molar-refractivity contribution in [3.63, 3.8) is 0 Å². The van der Waals surface area contributed by atoms with Crippen LogP contribution < -0.4 is 20.5 Å². The highest BCUT2D eigenvalue weighted by atomic mass is 16.5. The fourth-order valence-corrected chi connectivity index (χ4v) is 4.61. The number of nitrogens with two attached hydrogens (primary N) is 1. The third kappa shape index (κ3) is 4.74. The number of hydrogen-bond acceptors (Lipinski definition) is 12. The number of carbonyl (C=O) groups is 4. The summed E-state index contributed by atoms with van der Waals surface area (Å²) in [5.74, 6) is -3.43. The van der Waals surface area contributed by atoms with E-state index in [9.17, 15) is 29.4 Å². The lowest BCUT2D eigenvalue weighted by atomic mass is 9.92. The minimum absolute atomic E-state index is 0.000560. The average molecular weight is 577 g/mol. The van der Waals surface area contributed by atoms with Gasteiger partial charge in [0.2, 0.25) is 17.3 Å². The minimum atomic E-state index is -1.38. The van der Waals surface area contributed by atoms with Crippen molar-refractivity contribution in [1.82, 2.24) is 15.3 Å². The second kappa shape index (κ2) is 11.2. The molecule has 1 atom stereocenters. The van der Waals surface area contributed by atoms with Crippen molar-refractivity contribution in [1.29, 1.82) is 0 Å². The number of ether oxygens (including phenoxy) is 3. The van der Waals surface area contributed by atoms with Crippen LogP contribution in [0.4, 0.5) is 5.69 Å². The van der Waals surface area contributed by atoms with E-state index in [2.05, 4.69) is 15.3 Å². The zero-order chi connectivity index (χ0) is 31.0. The van der Waals surface area contributed by atoms with Crippen molar-refractivity contribution in [2.24, 2.45) is 0 Å². The van der Waals surface area contributed by atoms with Gasteiger partial charge in [0.25, 0.3) is 0 Å². The Balaban J connectivity index is 1.96. The quantitative estimate of drug-likeness (QED) is 0.290. The zero-order valence-electron chi connectivity index (χ0n) is 23.6. The summed E-state index contributed by atoms with van der Waals surface area (Å²) < 4.78 is 15.7. The Hall–Kier alpha value is -5.46. The number of nitrogen functional groups attached to an aromatic ring is 1. The van der Waals surface area contributed by atoms with Gasteiger partial charge in [-0.1, -0.05) is 0 Å². The van der Waals surface area contributed by atoms with Gasteiger partial charge in [-0.2, -0.15) is 0 Å². The number of benzene rings is 1. The predicted octanol–water partition coefficient (Wildman–Crippen LogP) is 2.93. The third-order valence-corrected chi connectivity index (χ3v) is 6.90. The number of aromatic hydroxyl groups is 1. The van der Waals surface area contributed by atoms with Crippen LogP contribution in [0, 0.1) is 6.92 Å². The average Bonchev–Trinajstić information content (AvgIpc) is 2.96. The molecule has 5 N–H and O–H groups in total. The SMILES string of the molecule is COC1=C(N[C@@H](C)C(C)=O)C(=O)c2nc(-c3nc(C(=O)O)c(C)c(-c4ccc(OC)c(OC)c4O)c3N)ccc2C1=O. The number of fused-ring (bicyclic) bond motifs is 1. The number of carboxylic acid groups (broad SMARTS) is 1. The first-order valence-corrected chi connectivity index (χ1v) is 12.5. The van der Waals surface area contributed by atoms with E-state index in [-0.39, 0.29) is 85.2 Å². The monoisotopic (exact) mass is 576 g/mol. The first-order chi connectivity index (χ1) is 19.9. The number of pyridine rings is 2. The van der Waals surface area contributed by atoms with E-state index in [4.69, 9.17) is 19.9 Å². The summed E-state index contributed by atoms with van der Waals surface area (Å²) in [5.41, 5.74) is 5.81. The second-order valence-corrected chi connectivity index (χ2v) is 9.36. The Kier molecular flexibility index (Phi) is 7.87. The molecule has 218 valence electrons. The molecule has 13 nitrogen and oxygen atoms in total. The van der Waals surface area contributed by atoms with Crippen LogP contribution in [-0.2, 0) is 9.53 Å². The minimum Gasteiger partial charge on any atom is -0.504 e. The van der Waals surface area contributed by atoms with E-state index in [1.54, 1.807) is 0 Å². The number of hydrogen-bond donors (Lipinski definition) is 4. The number of Topliss-reactive ketones (excluding diaryl/α,β-unsaturated/α-hetero) is 3. The predicted molar refractivity (Wildman–Crippen MR) is 150 cm³/mol. The van der Waals surface area contributed by atoms with Crippen LogP contribution in [0.25, 0.3) is 22.5 Å². The lowest BCUT2D eigenvalue weighted by molar-refractivity contribution is -0.118. The number of methoxy groups -OCH3 is 3. The maximum absolute atomic E-state index is 13.5. The number of allylic oxidation sites excluding steroid dienone is 2. The molecule has 1 aliphatic rings. The zero-order valence-corrected chi connectivity index (χ0v) is 23.6. The maximum Gasteiger partial charge on any atom is 0.354 e. The molecular weight excluding hydrogens is 548 g/mol. The summed E-state index contributed by atoms with van der Waals surface area (Å²) in [4.78, 5) is 59.4. The number of carboxylic acids is 1. The molecule has 0 spiro atoms. The molecule has 0 saturated heterocycles.